The Balaban J connectivity index is 2.27. The number of fused-ring (bicyclic) bond motifs is 1. The fourth-order valence-corrected chi connectivity index (χ4v) is 3.14. The summed E-state index contributed by atoms with van der Waals surface area (Å²) in [7, 11) is 5.26. The molecule has 2 N–H and O–H groups in total. The Kier molecular flexibility index (Phi) is 3.49. The van der Waals surface area contributed by atoms with Gasteiger partial charge in [-0.15, -0.1) is 0 Å². The number of methoxy groups -OCH3 is 2. The van der Waals surface area contributed by atoms with Gasteiger partial charge in [-0.3, -0.25) is 4.68 Å². The summed E-state index contributed by atoms with van der Waals surface area (Å²) in [6.45, 7) is 0. The number of benzene rings is 1. The standard InChI is InChI=1S/C16H21N3O2/c1-19-16(17)13(9-18-19)12-8-14(20-2)10-6-4-5-7-11(10)15(12)21-3/h8-9H,4-7,17H2,1-3H3. The van der Waals surface area contributed by atoms with Crippen molar-refractivity contribution in [2.24, 2.45) is 7.05 Å². The van der Waals surface area contributed by atoms with Gasteiger partial charge in [0.2, 0.25) is 0 Å². The molecule has 5 nitrogen and oxygen atoms in total. The van der Waals surface area contributed by atoms with Crippen LogP contribution in [0.5, 0.6) is 11.5 Å². The van der Waals surface area contributed by atoms with Crippen LogP contribution in [0.1, 0.15) is 24.0 Å². The number of rotatable bonds is 3. The molecule has 0 unspecified atom stereocenters. The number of nitrogens with zero attached hydrogens (tertiary/aromatic N) is 2. The molecule has 2 aromatic rings. The summed E-state index contributed by atoms with van der Waals surface area (Å²) < 4.78 is 13.0. The first-order valence-electron chi connectivity index (χ1n) is 7.22. The molecule has 0 bridgehead atoms. The summed E-state index contributed by atoms with van der Waals surface area (Å²) in [6.07, 6.45) is 6.21. The molecule has 1 heterocycles. The van der Waals surface area contributed by atoms with Crippen LogP contribution in [0.25, 0.3) is 11.1 Å². The van der Waals surface area contributed by atoms with Crippen LogP contribution in [0.3, 0.4) is 0 Å². The van der Waals surface area contributed by atoms with Crippen LogP contribution in [0, 0.1) is 0 Å². The molecule has 1 aromatic heterocycles. The van der Waals surface area contributed by atoms with E-state index in [9.17, 15) is 0 Å². The van der Waals surface area contributed by atoms with Crippen molar-refractivity contribution < 1.29 is 9.47 Å². The van der Waals surface area contributed by atoms with Gasteiger partial charge < -0.3 is 15.2 Å². The van der Waals surface area contributed by atoms with Crippen LogP contribution in [0.15, 0.2) is 12.3 Å². The first-order valence-corrected chi connectivity index (χ1v) is 7.22. The summed E-state index contributed by atoms with van der Waals surface area (Å²) in [4.78, 5) is 0. The molecule has 0 fully saturated rings. The van der Waals surface area contributed by atoms with Gasteiger partial charge in [0.1, 0.15) is 17.3 Å². The Labute approximate surface area is 124 Å². The Bertz CT molecular complexity index is 677. The fraction of sp³-hybridized carbons (Fsp3) is 0.438. The summed E-state index contributed by atoms with van der Waals surface area (Å²) >= 11 is 0. The summed E-state index contributed by atoms with van der Waals surface area (Å²) in [5, 5.41) is 4.23. The van der Waals surface area contributed by atoms with Gasteiger partial charge in [-0.05, 0) is 31.7 Å². The third-order valence-corrected chi connectivity index (χ3v) is 4.26. The van der Waals surface area contributed by atoms with Crippen LogP contribution in [-0.4, -0.2) is 24.0 Å². The van der Waals surface area contributed by atoms with E-state index in [0.29, 0.717) is 5.82 Å². The largest absolute Gasteiger partial charge is 0.496 e. The number of nitrogens with two attached hydrogens (primary N) is 1. The first-order chi connectivity index (χ1) is 10.2. The number of aromatic nitrogens is 2. The predicted molar refractivity (Wildman–Crippen MR) is 82.8 cm³/mol. The van der Waals surface area contributed by atoms with Crippen molar-refractivity contribution in [2.45, 2.75) is 25.7 Å². The normalized spacial score (nSPS) is 13.9. The quantitative estimate of drug-likeness (QED) is 0.942. The maximum atomic E-state index is 6.13. The molecule has 21 heavy (non-hydrogen) atoms. The molecular formula is C16H21N3O2. The van der Waals surface area contributed by atoms with E-state index in [0.717, 1.165) is 35.5 Å². The summed E-state index contributed by atoms with van der Waals surface area (Å²) in [5.41, 5.74) is 10.5. The average molecular weight is 287 g/mol. The fourth-order valence-electron chi connectivity index (χ4n) is 3.14. The van der Waals surface area contributed by atoms with E-state index in [-0.39, 0.29) is 0 Å². The molecule has 0 spiro atoms. The molecule has 0 saturated carbocycles. The number of anilines is 1. The molecule has 5 heteroatoms. The zero-order chi connectivity index (χ0) is 15.0. The van der Waals surface area contributed by atoms with Crippen molar-refractivity contribution in [3.63, 3.8) is 0 Å². The SMILES string of the molecule is COc1cc(-c2cnn(C)c2N)c(OC)c2c1CCCC2. The Morgan fingerprint density at radius 3 is 2.38 bits per heavy atom. The Morgan fingerprint density at radius 1 is 1.10 bits per heavy atom. The predicted octanol–water partition coefficient (Wildman–Crippen LogP) is 2.57. The van der Waals surface area contributed by atoms with Crippen molar-refractivity contribution in [3.05, 3.63) is 23.4 Å². The molecule has 0 saturated heterocycles. The van der Waals surface area contributed by atoms with Crippen molar-refractivity contribution in [3.8, 4) is 22.6 Å². The topological polar surface area (TPSA) is 62.3 Å². The number of hydrogen-bond donors (Lipinski definition) is 1. The summed E-state index contributed by atoms with van der Waals surface area (Å²) in [5.74, 6) is 2.46. The number of aryl methyl sites for hydroxylation is 1. The van der Waals surface area contributed by atoms with E-state index in [1.165, 1.54) is 24.0 Å². The molecule has 1 aliphatic carbocycles. The van der Waals surface area contributed by atoms with Gasteiger partial charge in [0.25, 0.3) is 0 Å². The molecule has 112 valence electrons. The van der Waals surface area contributed by atoms with E-state index in [4.69, 9.17) is 15.2 Å². The van der Waals surface area contributed by atoms with E-state index in [2.05, 4.69) is 5.10 Å². The molecule has 0 atom stereocenters. The molecule has 1 aromatic carbocycles. The lowest BCUT2D eigenvalue weighted by Gasteiger charge is -2.23. The average Bonchev–Trinajstić information content (AvgIpc) is 2.85. The second kappa shape index (κ2) is 5.31. The molecule has 0 amide bonds. The van der Waals surface area contributed by atoms with Crippen molar-refractivity contribution in [2.75, 3.05) is 20.0 Å². The Hall–Kier alpha value is -2.17. The third kappa shape index (κ3) is 2.13. The minimum Gasteiger partial charge on any atom is -0.496 e. The maximum absolute atomic E-state index is 6.13. The van der Waals surface area contributed by atoms with Crippen molar-refractivity contribution in [1.29, 1.82) is 0 Å². The van der Waals surface area contributed by atoms with Crippen LogP contribution in [-0.2, 0) is 19.9 Å². The molecule has 1 aliphatic rings. The number of ether oxygens (including phenoxy) is 2. The van der Waals surface area contributed by atoms with Gasteiger partial charge >= 0.3 is 0 Å². The molecular weight excluding hydrogens is 266 g/mol. The van der Waals surface area contributed by atoms with Gasteiger partial charge in [-0.1, -0.05) is 0 Å². The zero-order valence-electron chi connectivity index (χ0n) is 12.8. The van der Waals surface area contributed by atoms with E-state index < -0.39 is 0 Å². The minimum absolute atomic E-state index is 0.631. The second-order valence-electron chi connectivity index (χ2n) is 5.39. The lowest BCUT2D eigenvalue weighted by Crippen LogP contribution is -2.08. The third-order valence-electron chi connectivity index (χ3n) is 4.26. The van der Waals surface area contributed by atoms with Gasteiger partial charge in [-0.2, -0.15) is 5.10 Å². The zero-order valence-corrected chi connectivity index (χ0v) is 12.8. The highest BCUT2D eigenvalue weighted by atomic mass is 16.5. The van der Waals surface area contributed by atoms with Crippen LogP contribution < -0.4 is 15.2 Å². The van der Waals surface area contributed by atoms with Crippen molar-refractivity contribution >= 4 is 5.82 Å². The minimum atomic E-state index is 0.631. The highest BCUT2D eigenvalue weighted by Crippen LogP contribution is 2.44. The molecule has 3 rings (SSSR count). The van der Waals surface area contributed by atoms with Crippen molar-refractivity contribution in [1.82, 2.24) is 9.78 Å². The lowest BCUT2D eigenvalue weighted by atomic mass is 9.87. The van der Waals surface area contributed by atoms with Gasteiger partial charge in [0.15, 0.2) is 0 Å². The van der Waals surface area contributed by atoms with E-state index >= 15 is 0 Å². The number of nitrogen functional groups attached to an aromatic ring is 1. The second-order valence-corrected chi connectivity index (χ2v) is 5.39. The van der Waals surface area contributed by atoms with Gasteiger partial charge in [0, 0.05) is 29.3 Å². The highest BCUT2D eigenvalue weighted by molar-refractivity contribution is 5.81. The van der Waals surface area contributed by atoms with Crippen LogP contribution >= 0.6 is 0 Å². The van der Waals surface area contributed by atoms with Gasteiger partial charge in [-0.25, -0.2) is 0 Å². The monoisotopic (exact) mass is 287 g/mol. The first kappa shape index (κ1) is 13.8. The smallest absolute Gasteiger partial charge is 0.130 e. The van der Waals surface area contributed by atoms with Gasteiger partial charge in [0.05, 0.1) is 20.4 Å². The number of hydrogen-bond acceptors (Lipinski definition) is 4. The van der Waals surface area contributed by atoms with Crippen LogP contribution in [0.2, 0.25) is 0 Å². The lowest BCUT2D eigenvalue weighted by molar-refractivity contribution is 0.391. The van der Waals surface area contributed by atoms with E-state index in [1.54, 1.807) is 25.1 Å². The molecule has 0 radical (unpaired) electrons. The highest BCUT2D eigenvalue weighted by Gasteiger charge is 2.24. The Morgan fingerprint density at radius 2 is 1.81 bits per heavy atom. The summed E-state index contributed by atoms with van der Waals surface area (Å²) in [6, 6.07) is 2.02. The maximum Gasteiger partial charge on any atom is 0.130 e. The molecule has 0 aliphatic heterocycles. The van der Waals surface area contributed by atoms with Crippen LogP contribution in [0.4, 0.5) is 5.82 Å². The van der Waals surface area contributed by atoms with E-state index in [1.807, 2.05) is 13.1 Å².